The minimum Gasteiger partial charge on any atom is -0.507 e. The molecule has 1 saturated heterocycles. The maximum atomic E-state index is 13.8. The van der Waals surface area contributed by atoms with E-state index in [0.29, 0.717) is 35.2 Å². The van der Waals surface area contributed by atoms with Gasteiger partial charge >= 0.3 is 0 Å². The van der Waals surface area contributed by atoms with Gasteiger partial charge in [0.15, 0.2) is 17.3 Å². The first kappa shape index (κ1) is 26.9. The van der Waals surface area contributed by atoms with E-state index in [1.165, 1.54) is 32.4 Å². The van der Waals surface area contributed by atoms with Crippen molar-refractivity contribution in [3.05, 3.63) is 35.4 Å². The standard InChI is InChI=1S/C29H39NO7/c1-30-12-10-18(11-13-30)8-6-7-9-21-27(32)26-22(31)16-20(33-2)17-23(26)37-28(21)19-14-24(34-3)29(36-5)25(15-19)35-4/h14-18,21,28,31H,6-13H2,1-5H3. The first-order valence-electron chi connectivity index (χ1n) is 13.0. The quantitative estimate of drug-likeness (QED) is 0.431. The van der Waals surface area contributed by atoms with Crippen LogP contribution in [0.5, 0.6) is 34.5 Å². The average Bonchev–Trinajstić information content (AvgIpc) is 2.91. The van der Waals surface area contributed by atoms with Crippen LogP contribution in [-0.2, 0) is 0 Å². The van der Waals surface area contributed by atoms with E-state index in [1.54, 1.807) is 27.4 Å². The molecule has 0 aromatic heterocycles. The van der Waals surface area contributed by atoms with Crippen molar-refractivity contribution < 1.29 is 33.6 Å². The number of hydrogen-bond donors (Lipinski definition) is 1. The summed E-state index contributed by atoms with van der Waals surface area (Å²) < 4.78 is 28.3. The van der Waals surface area contributed by atoms with Crippen LogP contribution in [-0.4, -0.2) is 64.4 Å². The fourth-order valence-corrected chi connectivity index (χ4v) is 5.57. The predicted molar refractivity (Wildman–Crippen MR) is 141 cm³/mol. The van der Waals surface area contributed by atoms with E-state index in [1.807, 2.05) is 12.1 Å². The topological polar surface area (TPSA) is 86.7 Å². The van der Waals surface area contributed by atoms with Crippen molar-refractivity contribution in [1.82, 2.24) is 4.90 Å². The van der Waals surface area contributed by atoms with Crippen molar-refractivity contribution in [3.63, 3.8) is 0 Å². The van der Waals surface area contributed by atoms with E-state index in [9.17, 15) is 9.90 Å². The van der Waals surface area contributed by atoms with E-state index >= 15 is 0 Å². The van der Waals surface area contributed by atoms with Crippen LogP contribution >= 0.6 is 0 Å². The third-order valence-electron chi connectivity index (χ3n) is 7.72. The minimum atomic E-state index is -0.580. The van der Waals surface area contributed by atoms with Gasteiger partial charge in [-0.05, 0) is 57.5 Å². The molecule has 0 bridgehead atoms. The van der Waals surface area contributed by atoms with Crippen molar-refractivity contribution in [2.45, 2.75) is 44.6 Å². The Balaban J connectivity index is 1.62. The molecular formula is C29H39NO7. The lowest BCUT2D eigenvalue weighted by atomic mass is 9.81. The molecule has 2 aliphatic rings. The molecule has 2 atom stereocenters. The van der Waals surface area contributed by atoms with Crippen LogP contribution in [0.15, 0.2) is 24.3 Å². The second-order valence-corrected chi connectivity index (χ2v) is 10.0. The zero-order chi connectivity index (χ0) is 26.5. The number of rotatable bonds is 10. The molecule has 1 N–H and O–H groups in total. The summed E-state index contributed by atoms with van der Waals surface area (Å²) in [6.07, 6.45) is 5.67. The molecule has 1 fully saturated rings. The number of nitrogens with zero attached hydrogens (tertiary/aromatic N) is 1. The van der Waals surface area contributed by atoms with Crippen molar-refractivity contribution in [3.8, 4) is 34.5 Å². The molecule has 8 heteroatoms. The van der Waals surface area contributed by atoms with Crippen LogP contribution < -0.4 is 23.7 Å². The number of Topliss-reactive ketones (excluding diaryl/α,β-unsaturated/α-hetero) is 1. The van der Waals surface area contributed by atoms with E-state index in [0.717, 1.165) is 37.4 Å². The SMILES string of the molecule is COc1cc(O)c2c(c1)OC(c1cc(OC)c(OC)c(OC)c1)C(CCCCC1CCN(C)CC1)C2=O. The summed E-state index contributed by atoms with van der Waals surface area (Å²) >= 11 is 0. The summed E-state index contributed by atoms with van der Waals surface area (Å²) in [4.78, 5) is 16.2. The monoisotopic (exact) mass is 513 g/mol. The Morgan fingerprint density at radius 3 is 2.16 bits per heavy atom. The summed E-state index contributed by atoms with van der Waals surface area (Å²) in [5.41, 5.74) is 0.959. The Hall–Kier alpha value is -3.13. The Morgan fingerprint density at radius 2 is 1.57 bits per heavy atom. The van der Waals surface area contributed by atoms with E-state index in [-0.39, 0.29) is 17.1 Å². The largest absolute Gasteiger partial charge is 0.507 e. The number of ether oxygens (including phenoxy) is 5. The number of benzene rings is 2. The zero-order valence-corrected chi connectivity index (χ0v) is 22.5. The fourth-order valence-electron chi connectivity index (χ4n) is 5.57. The second-order valence-electron chi connectivity index (χ2n) is 10.0. The van der Waals surface area contributed by atoms with Crippen molar-refractivity contribution in [2.24, 2.45) is 11.8 Å². The number of ketones is 1. The summed E-state index contributed by atoms with van der Waals surface area (Å²) in [7, 11) is 8.37. The first-order valence-corrected chi connectivity index (χ1v) is 13.0. The smallest absolute Gasteiger partial charge is 0.203 e. The molecule has 2 aliphatic heterocycles. The maximum Gasteiger partial charge on any atom is 0.203 e. The Kier molecular flexibility index (Phi) is 8.69. The number of unbranched alkanes of at least 4 members (excludes halogenated alkanes) is 1. The van der Waals surface area contributed by atoms with Crippen LogP contribution in [0.2, 0.25) is 0 Å². The number of hydrogen-bond acceptors (Lipinski definition) is 8. The molecule has 2 unspecified atom stereocenters. The number of carbonyl (C=O) groups excluding carboxylic acids is 1. The lowest BCUT2D eigenvalue weighted by Gasteiger charge is -2.34. The summed E-state index contributed by atoms with van der Waals surface area (Å²) in [5.74, 6) is 2.22. The first-order chi connectivity index (χ1) is 17.9. The summed E-state index contributed by atoms with van der Waals surface area (Å²) in [6.45, 7) is 2.31. The van der Waals surface area contributed by atoms with Gasteiger partial charge in [0, 0.05) is 17.7 Å². The minimum absolute atomic E-state index is 0.126. The lowest BCUT2D eigenvalue weighted by Crippen LogP contribution is -2.32. The van der Waals surface area contributed by atoms with E-state index in [4.69, 9.17) is 23.7 Å². The third kappa shape index (κ3) is 5.74. The summed E-state index contributed by atoms with van der Waals surface area (Å²) in [6, 6.07) is 6.76. The van der Waals surface area contributed by atoms with E-state index < -0.39 is 12.0 Å². The van der Waals surface area contributed by atoms with Gasteiger partial charge in [-0.2, -0.15) is 0 Å². The van der Waals surface area contributed by atoms with Gasteiger partial charge in [0.1, 0.15) is 28.9 Å². The zero-order valence-electron chi connectivity index (χ0n) is 22.5. The number of phenolic OH excluding ortho intramolecular Hbond substituents is 1. The van der Waals surface area contributed by atoms with Gasteiger partial charge in [0.05, 0.1) is 34.4 Å². The number of carbonyl (C=O) groups is 1. The number of methoxy groups -OCH3 is 4. The van der Waals surface area contributed by atoms with Gasteiger partial charge in [-0.3, -0.25) is 4.79 Å². The normalized spacial score (nSPS) is 20.2. The molecule has 4 rings (SSSR count). The number of likely N-dealkylation sites (tertiary alicyclic amines) is 1. The van der Waals surface area contributed by atoms with Crippen LogP contribution in [0.3, 0.4) is 0 Å². The molecule has 0 amide bonds. The number of fused-ring (bicyclic) bond motifs is 1. The van der Waals surface area contributed by atoms with Crippen LogP contribution in [0.25, 0.3) is 0 Å². The van der Waals surface area contributed by atoms with Crippen LogP contribution in [0.1, 0.15) is 60.6 Å². The number of piperidine rings is 1. The Bertz CT molecular complexity index is 1070. The molecule has 2 heterocycles. The Labute approximate surface area is 219 Å². The lowest BCUT2D eigenvalue weighted by molar-refractivity contribution is 0.0621. The average molecular weight is 514 g/mol. The highest BCUT2D eigenvalue weighted by Gasteiger charge is 2.40. The molecule has 0 saturated carbocycles. The van der Waals surface area contributed by atoms with Gasteiger partial charge in [-0.25, -0.2) is 0 Å². The molecular weight excluding hydrogens is 474 g/mol. The highest BCUT2D eigenvalue weighted by Crippen LogP contribution is 2.48. The van der Waals surface area contributed by atoms with Gasteiger partial charge in [-0.15, -0.1) is 0 Å². The van der Waals surface area contributed by atoms with Gasteiger partial charge in [0.2, 0.25) is 5.75 Å². The Morgan fingerprint density at radius 1 is 0.919 bits per heavy atom. The second kappa shape index (κ2) is 11.9. The van der Waals surface area contributed by atoms with Crippen molar-refractivity contribution >= 4 is 5.78 Å². The molecule has 0 aliphatic carbocycles. The van der Waals surface area contributed by atoms with Crippen molar-refractivity contribution in [2.75, 3.05) is 48.6 Å². The van der Waals surface area contributed by atoms with Gasteiger partial charge < -0.3 is 33.7 Å². The molecule has 0 spiro atoms. The van der Waals surface area contributed by atoms with Gasteiger partial charge in [0.25, 0.3) is 0 Å². The van der Waals surface area contributed by atoms with E-state index in [2.05, 4.69) is 11.9 Å². The highest BCUT2D eigenvalue weighted by molar-refractivity contribution is 6.04. The van der Waals surface area contributed by atoms with Crippen LogP contribution in [0, 0.1) is 11.8 Å². The van der Waals surface area contributed by atoms with Crippen molar-refractivity contribution in [1.29, 1.82) is 0 Å². The number of phenols is 1. The molecule has 202 valence electrons. The van der Waals surface area contributed by atoms with Crippen LogP contribution in [0.4, 0.5) is 0 Å². The third-order valence-corrected chi connectivity index (χ3v) is 7.72. The van der Waals surface area contributed by atoms with Gasteiger partial charge in [-0.1, -0.05) is 19.3 Å². The molecule has 0 radical (unpaired) electrons. The fraction of sp³-hybridized carbons (Fsp3) is 0.552. The molecule has 8 nitrogen and oxygen atoms in total. The predicted octanol–water partition coefficient (Wildman–Crippen LogP) is 5.26. The molecule has 37 heavy (non-hydrogen) atoms. The molecule has 2 aromatic rings. The summed E-state index contributed by atoms with van der Waals surface area (Å²) in [5, 5.41) is 10.7. The molecule has 2 aromatic carbocycles. The number of aromatic hydroxyl groups is 1. The highest BCUT2D eigenvalue weighted by atomic mass is 16.5. The maximum absolute atomic E-state index is 13.8.